The molecule has 1 aliphatic rings. The van der Waals surface area contributed by atoms with Gasteiger partial charge in [-0.1, -0.05) is 12.1 Å². The number of guanidine groups is 1. The molecule has 0 aliphatic carbocycles. The number of aliphatic hydroxyl groups excluding tert-OH is 1. The van der Waals surface area contributed by atoms with Gasteiger partial charge in [0.1, 0.15) is 5.82 Å². The highest BCUT2D eigenvalue weighted by atomic mass is 19.1. The Kier molecular flexibility index (Phi) is 8.11. The van der Waals surface area contributed by atoms with Gasteiger partial charge in [0.05, 0.1) is 32.0 Å². The number of hydrogen-bond donors (Lipinski definition) is 3. The molecule has 2 rings (SSSR count). The molecule has 7 heteroatoms. The first-order valence-corrected chi connectivity index (χ1v) is 8.76. The van der Waals surface area contributed by atoms with Crippen LogP contribution in [0, 0.1) is 5.82 Å². The summed E-state index contributed by atoms with van der Waals surface area (Å²) in [7, 11) is 0. The minimum Gasteiger partial charge on any atom is -0.386 e. The van der Waals surface area contributed by atoms with Gasteiger partial charge in [-0.3, -0.25) is 4.99 Å². The maximum absolute atomic E-state index is 12.9. The van der Waals surface area contributed by atoms with Gasteiger partial charge in [0, 0.05) is 19.2 Å². The van der Waals surface area contributed by atoms with E-state index in [0.717, 1.165) is 13.0 Å². The van der Waals surface area contributed by atoms with Crippen LogP contribution in [0.3, 0.4) is 0 Å². The summed E-state index contributed by atoms with van der Waals surface area (Å²) >= 11 is 0. The fourth-order valence-electron chi connectivity index (χ4n) is 2.49. The lowest BCUT2D eigenvalue weighted by Crippen LogP contribution is -2.44. The highest BCUT2D eigenvalue weighted by Crippen LogP contribution is 2.13. The van der Waals surface area contributed by atoms with Crippen molar-refractivity contribution in [2.24, 2.45) is 4.99 Å². The second-order valence-electron chi connectivity index (χ2n) is 6.15. The summed E-state index contributed by atoms with van der Waals surface area (Å²) in [6, 6.07) is 5.86. The molecule has 0 spiro atoms. The molecule has 1 saturated heterocycles. The van der Waals surface area contributed by atoms with Crippen molar-refractivity contribution in [2.45, 2.75) is 38.5 Å². The molecular formula is C18H28FN3O3. The van der Waals surface area contributed by atoms with Gasteiger partial charge in [0.15, 0.2) is 5.96 Å². The highest BCUT2D eigenvalue weighted by molar-refractivity contribution is 5.80. The van der Waals surface area contributed by atoms with E-state index in [1.54, 1.807) is 12.1 Å². The molecule has 1 fully saturated rings. The maximum Gasteiger partial charge on any atom is 0.191 e. The average molecular weight is 353 g/mol. The lowest BCUT2D eigenvalue weighted by atomic mass is 10.1. The van der Waals surface area contributed by atoms with Crippen LogP contribution in [0.25, 0.3) is 0 Å². The lowest BCUT2D eigenvalue weighted by Gasteiger charge is -2.20. The van der Waals surface area contributed by atoms with Gasteiger partial charge in [-0.25, -0.2) is 4.39 Å². The third-order valence-electron chi connectivity index (χ3n) is 3.87. The van der Waals surface area contributed by atoms with Crippen LogP contribution in [0.15, 0.2) is 29.3 Å². The van der Waals surface area contributed by atoms with Gasteiger partial charge in [-0.05, 0) is 38.0 Å². The van der Waals surface area contributed by atoms with Crippen LogP contribution in [-0.2, 0) is 9.47 Å². The predicted octanol–water partition coefficient (Wildman–Crippen LogP) is 1.61. The molecule has 0 saturated carbocycles. The van der Waals surface area contributed by atoms with E-state index in [9.17, 15) is 9.50 Å². The van der Waals surface area contributed by atoms with Crippen LogP contribution in [0.1, 0.15) is 31.9 Å². The summed E-state index contributed by atoms with van der Waals surface area (Å²) in [6.45, 7) is 6.86. The van der Waals surface area contributed by atoms with Crippen molar-refractivity contribution in [3.63, 3.8) is 0 Å². The predicted molar refractivity (Wildman–Crippen MR) is 95.1 cm³/mol. The highest BCUT2D eigenvalue weighted by Gasteiger charge is 2.17. The van der Waals surface area contributed by atoms with E-state index in [-0.39, 0.29) is 24.5 Å². The first-order valence-electron chi connectivity index (χ1n) is 8.76. The van der Waals surface area contributed by atoms with E-state index < -0.39 is 6.10 Å². The van der Waals surface area contributed by atoms with Crippen molar-refractivity contribution >= 4 is 5.96 Å². The first kappa shape index (κ1) is 19.6. The average Bonchev–Trinajstić information content (AvgIpc) is 3.12. The van der Waals surface area contributed by atoms with Crippen LogP contribution in [0.2, 0.25) is 0 Å². The third kappa shape index (κ3) is 6.97. The first-order chi connectivity index (χ1) is 12.1. The van der Waals surface area contributed by atoms with Gasteiger partial charge in [0.25, 0.3) is 0 Å². The minimum atomic E-state index is -0.779. The standard InChI is InChI=1S/C18H28FN3O3/c1-3-20-18(22-13(2)11-25-16-8-9-24-12-16)21-10-17(23)14-4-6-15(19)7-5-14/h4-7,13,16-17,23H,3,8-12H2,1-2H3,(H2,20,21,22). The summed E-state index contributed by atoms with van der Waals surface area (Å²) in [6.07, 6.45) is 0.326. The number of aliphatic imine (C=N–C) groups is 1. The molecule has 0 amide bonds. The van der Waals surface area contributed by atoms with E-state index >= 15 is 0 Å². The number of rotatable bonds is 8. The summed E-state index contributed by atoms with van der Waals surface area (Å²) in [5.41, 5.74) is 0.638. The van der Waals surface area contributed by atoms with E-state index in [0.29, 0.717) is 31.3 Å². The summed E-state index contributed by atoms with van der Waals surface area (Å²) < 4.78 is 24.0. The van der Waals surface area contributed by atoms with Gasteiger partial charge < -0.3 is 25.2 Å². The summed E-state index contributed by atoms with van der Waals surface area (Å²) in [5.74, 6) is 0.290. The number of nitrogens with zero attached hydrogens (tertiary/aromatic N) is 1. The molecule has 3 atom stereocenters. The molecule has 1 aromatic rings. The van der Waals surface area contributed by atoms with Crippen LogP contribution < -0.4 is 10.6 Å². The molecule has 0 bridgehead atoms. The molecule has 140 valence electrons. The Morgan fingerprint density at radius 3 is 2.84 bits per heavy atom. The molecule has 1 aliphatic heterocycles. The second kappa shape index (κ2) is 10.3. The fraction of sp³-hybridized carbons (Fsp3) is 0.611. The van der Waals surface area contributed by atoms with Gasteiger partial charge in [-0.2, -0.15) is 0 Å². The van der Waals surface area contributed by atoms with E-state index in [1.807, 2.05) is 13.8 Å². The third-order valence-corrected chi connectivity index (χ3v) is 3.87. The number of nitrogens with one attached hydrogen (secondary N) is 2. The number of aliphatic hydroxyl groups is 1. The smallest absolute Gasteiger partial charge is 0.191 e. The Morgan fingerprint density at radius 2 is 2.20 bits per heavy atom. The van der Waals surface area contributed by atoms with Crippen molar-refractivity contribution in [3.05, 3.63) is 35.6 Å². The molecule has 0 aromatic heterocycles. The molecule has 3 N–H and O–H groups in total. The lowest BCUT2D eigenvalue weighted by molar-refractivity contribution is 0.0347. The zero-order valence-corrected chi connectivity index (χ0v) is 14.9. The van der Waals surface area contributed by atoms with Crippen molar-refractivity contribution in [3.8, 4) is 0 Å². The monoisotopic (exact) mass is 353 g/mol. The summed E-state index contributed by atoms with van der Waals surface area (Å²) in [4.78, 5) is 4.40. The Bertz CT molecular complexity index is 533. The molecule has 0 radical (unpaired) electrons. The normalized spacial score (nSPS) is 20.3. The summed E-state index contributed by atoms with van der Waals surface area (Å²) in [5, 5.41) is 16.6. The number of hydrogen-bond acceptors (Lipinski definition) is 4. The largest absolute Gasteiger partial charge is 0.386 e. The Hall–Kier alpha value is -1.70. The molecule has 1 aromatic carbocycles. The van der Waals surface area contributed by atoms with Gasteiger partial charge >= 0.3 is 0 Å². The maximum atomic E-state index is 12.9. The fourth-order valence-corrected chi connectivity index (χ4v) is 2.49. The number of ether oxygens (including phenoxy) is 2. The van der Waals surface area contributed by atoms with Gasteiger partial charge in [0.2, 0.25) is 0 Å². The molecular weight excluding hydrogens is 325 g/mol. The quantitative estimate of drug-likeness (QED) is 0.489. The molecule has 3 unspecified atom stereocenters. The van der Waals surface area contributed by atoms with Crippen LogP contribution in [0.5, 0.6) is 0 Å². The Morgan fingerprint density at radius 1 is 1.44 bits per heavy atom. The van der Waals surface area contributed by atoms with Crippen LogP contribution in [-0.4, -0.2) is 56.1 Å². The van der Waals surface area contributed by atoms with Crippen molar-refractivity contribution in [2.75, 3.05) is 32.9 Å². The zero-order valence-electron chi connectivity index (χ0n) is 14.9. The molecule has 6 nitrogen and oxygen atoms in total. The van der Waals surface area contributed by atoms with Crippen LogP contribution >= 0.6 is 0 Å². The Labute approximate surface area is 148 Å². The topological polar surface area (TPSA) is 75.1 Å². The van der Waals surface area contributed by atoms with E-state index in [1.165, 1.54) is 12.1 Å². The van der Waals surface area contributed by atoms with Crippen molar-refractivity contribution in [1.82, 2.24) is 10.6 Å². The van der Waals surface area contributed by atoms with Crippen LogP contribution in [0.4, 0.5) is 4.39 Å². The SMILES string of the molecule is CCNC(=NCC(O)c1ccc(F)cc1)NC(C)COC1CCOC1. The van der Waals surface area contributed by atoms with E-state index in [2.05, 4.69) is 15.6 Å². The van der Waals surface area contributed by atoms with E-state index in [4.69, 9.17) is 9.47 Å². The zero-order chi connectivity index (χ0) is 18.1. The molecule has 1 heterocycles. The molecule has 25 heavy (non-hydrogen) atoms. The Balaban J connectivity index is 1.82. The number of benzene rings is 1. The second-order valence-corrected chi connectivity index (χ2v) is 6.15. The van der Waals surface area contributed by atoms with Crippen molar-refractivity contribution in [1.29, 1.82) is 0 Å². The van der Waals surface area contributed by atoms with Crippen molar-refractivity contribution < 1.29 is 19.0 Å². The van der Waals surface area contributed by atoms with Gasteiger partial charge in [-0.15, -0.1) is 0 Å². The number of halogens is 1. The minimum absolute atomic E-state index is 0.0707.